The third-order valence-corrected chi connectivity index (χ3v) is 2.51. The number of hydrogen-bond acceptors (Lipinski definition) is 4. The first-order valence-corrected chi connectivity index (χ1v) is 5.38. The molecule has 0 spiro atoms. The van der Waals surface area contributed by atoms with E-state index >= 15 is 0 Å². The number of anilines is 1. The third-order valence-electron chi connectivity index (χ3n) is 2.18. The van der Waals surface area contributed by atoms with E-state index in [4.69, 9.17) is 11.6 Å². The molecule has 1 aromatic heterocycles. The molecule has 0 aliphatic rings. The Morgan fingerprint density at radius 2 is 1.89 bits per heavy atom. The summed E-state index contributed by atoms with van der Waals surface area (Å²) in [6.45, 7) is 0. The van der Waals surface area contributed by atoms with Gasteiger partial charge in [0.2, 0.25) is 0 Å². The number of halogens is 1. The van der Waals surface area contributed by atoms with Crippen LogP contribution in [-0.2, 0) is 0 Å². The van der Waals surface area contributed by atoms with E-state index < -0.39 is 5.91 Å². The lowest BCUT2D eigenvalue weighted by atomic mass is 10.2. The number of benzene rings is 1. The van der Waals surface area contributed by atoms with Gasteiger partial charge in [0.15, 0.2) is 0 Å². The minimum Gasteiger partial charge on any atom is -0.508 e. The van der Waals surface area contributed by atoms with Crippen LogP contribution in [0.5, 0.6) is 11.5 Å². The van der Waals surface area contributed by atoms with Gasteiger partial charge in [0, 0.05) is 17.8 Å². The summed E-state index contributed by atoms with van der Waals surface area (Å²) in [4.78, 5) is 15.7. The van der Waals surface area contributed by atoms with Crippen molar-refractivity contribution in [2.45, 2.75) is 0 Å². The number of carbonyl (C=O) groups is 1. The van der Waals surface area contributed by atoms with E-state index in [1.165, 1.54) is 30.6 Å². The van der Waals surface area contributed by atoms with Crippen LogP contribution in [0.15, 0.2) is 36.7 Å². The van der Waals surface area contributed by atoms with Gasteiger partial charge in [0.05, 0.1) is 16.9 Å². The highest BCUT2D eigenvalue weighted by Gasteiger charge is 2.10. The summed E-state index contributed by atoms with van der Waals surface area (Å²) in [7, 11) is 0. The molecular weight excluding hydrogens is 256 g/mol. The van der Waals surface area contributed by atoms with Crippen molar-refractivity contribution in [1.29, 1.82) is 0 Å². The monoisotopic (exact) mass is 264 g/mol. The Bertz CT molecular complexity index is 581. The first-order chi connectivity index (χ1) is 8.56. The molecule has 0 aliphatic heterocycles. The Morgan fingerprint density at radius 1 is 1.22 bits per heavy atom. The van der Waals surface area contributed by atoms with Crippen LogP contribution in [-0.4, -0.2) is 21.1 Å². The van der Waals surface area contributed by atoms with Crippen LogP contribution >= 0.6 is 11.6 Å². The van der Waals surface area contributed by atoms with Crippen LogP contribution < -0.4 is 5.32 Å². The van der Waals surface area contributed by atoms with Gasteiger partial charge in [-0.2, -0.15) is 0 Å². The van der Waals surface area contributed by atoms with Gasteiger partial charge in [0.25, 0.3) is 5.91 Å². The number of pyridine rings is 1. The highest BCUT2D eigenvalue weighted by molar-refractivity contribution is 6.33. The molecule has 0 radical (unpaired) electrons. The number of nitrogens with zero attached hydrogens (tertiary/aromatic N) is 1. The Labute approximate surface area is 108 Å². The Kier molecular flexibility index (Phi) is 3.34. The van der Waals surface area contributed by atoms with Gasteiger partial charge < -0.3 is 15.5 Å². The van der Waals surface area contributed by atoms with Crippen molar-refractivity contribution in [1.82, 2.24) is 4.98 Å². The maximum Gasteiger partial charge on any atom is 0.256 e. The molecule has 2 aromatic rings. The summed E-state index contributed by atoms with van der Waals surface area (Å²) < 4.78 is 0. The predicted molar refractivity (Wildman–Crippen MR) is 67.0 cm³/mol. The summed E-state index contributed by atoms with van der Waals surface area (Å²) in [5.74, 6) is -0.897. The van der Waals surface area contributed by atoms with E-state index in [1.54, 1.807) is 0 Å². The number of rotatable bonds is 2. The molecule has 1 amide bonds. The van der Waals surface area contributed by atoms with Crippen molar-refractivity contribution in [3.05, 3.63) is 47.2 Å². The minimum atomic E-state index is -0.504. The molecule has 5 nitrogen and oxygen atoms in total. The van der Waals surface area contributed by atoms with Gasteiger partial charge in [0.1, 0.15) is 11.5 Å². The first-order valence-electron chi connectivity index (χ1n) is 5.00. The molecule has 1 aromatic carbocycles. The van der Waals surface area contributed by atoms with E-state index in [-0.39, 0.29) is 17.1 Å². The molecule has 92 valence electrons. The van der Waals surface area contributed by atoms with E-state index in [1.807, 2.05) is 0 Å². The number of phenols is 2. The Balaban J connectivity index is 2.25. The quantitative estimate of drug-likeness (QED) is 0.778. The summed E-state index contributed by atoms with van der Waals surface area (Å²) >= 11 is 5.86. The van der Waals surface area contributed by atoms with Gasteiger partial charge in [-0.3, -0.25) is 9.78 Å². The fraction of sp³-hybridized carbons (Fsp3) is 0. The summed E-state index contributed by atoms with van der Waals surface area (Å²) in [5, 5.41) is 21.4. The summed E-state index contributed by atoms with van der Waals surface area (Å²) in [6.07, 6.45) is 2.90. The average Bonchev–Trinajstić information content (AvgIpc) is 2.31. The molecule has 0 unspecified atom stereocenters. The van der Waals surface area contributed by atoms with Crippen molar-refractivity contribution in [2.24, 2.45) is 0 Å². The van der Waals surface area contributed by atoms with Gasteiger partial charge in [-0.1, -0.05) is 11.6 Å². The summed E-state index contributed by atoms with van der Waals surface area (Å²) in [5.41, 5.74) is 0.472. The Morgan fingerprint density at radius 3 is 2.50 bits per heavy atom. The highest BCUT2D eigenvalue weighted by Crippen LogP contribution is 2.23. The number of aromatic hydroxyl groups is 2. The zero-order valence-electron chi connectivity index (χ0n) is 9.09. The zero-order valence-corrected chi connectivity index (χ0v) is 9.85. The third kappa shape index (κ3) is 2.70. The maximum absolute atomic E-state index is 11.9. The number of carbonyl (C=O) groups excluding carboxylic acids is 1. The zero-order chi connectivity index (χ0) is 13.1. The van der Waals surface area contributed by atoms with E-state index in [2.05, 4.69) is 10.3 Å². The van der Waals surface area contributed by atoms with Crippen LogP contribution in [0.2, 0.25) is 5.02 Å². The molecule has 0 atom stereocenters. The molecule has 3 N–H and O–H groups in total. The van der Waals surface area contributed by atoms with Gasteiger partial charge in [-0.15, -0.1) is 0 Å². The molecule has 18 heavy (non-hydrogen) atoms. The van der Waals surface area contributed by atoms with E-state index in [0.717, 1.165) is 6.07 Å². The maximum atomic E-state index is 11.9. The van der Waals surface area contributed by atoms with Crippen molar-refractivity contribution >= 4 is 23.2 Å². The van der Waals surface area contributed by atoms with E-state index in [0.29, 0.717) is 10.7 Å². The predicted octanol–water partition coefficient (Wildman–Crippen LogP) is 2.40. The van der Waals surface area contributed by atoms with Crippen LogP contribution in [0.3, 0.4) is 0 Å². The lowest BCUT2D eigenvalue weighted by molar-refractivity contribution is 0.102. The number of aromatic nitrogens is 1. The standard InChI is InChI=1S/C12H9ClN2O3/c13-10-1-2-14-6-11(10)15-12(18)7-3-8(16)5-9(17)4-7/h1-6,16-17H,(H,15,18). The fourth-order valence-corrected chi connectivity index (χ4v) is 1.54. The van der Waals surface area contributed by atoms with Crippen LogP contribution in [0.25, 0.3) is 0 Å². The largest absolute Gasteiger partial charge is 0.508 e. The van der Waals surface area contributed by atoms with Crippen LogP contribution in [0, 0.1) is 0 Å². The minimum absolute atomic E-state index is 0.118. The molecule has 0 saturated heterocycles. The normalized spacial score (nSPS) is 10.1. The van der Waals surface area contributed by atoms with Crippen LogP contribution in [0.1, 0.15) is 10.4 Å². The van der Waals surface area contributed by atoms with Gasteiger partial charge >= 0.3 is 0 Å². The second-order valence-electron chi connectivity index (χ2n) is 3.55. The lowest BCUT2D eigenvalue weighted by Crippen LogP contribution is -2.12. The number of phenolic OH excluding ortho intramolecular Hbond substituents is 2. The SMILES string of the molecule is O=C(Nc1cnccc1Cl)c1cc(O)cc(O)c1. The number of hydrogen-bond donors (Lipinski definition) is 3. The Hall–Kier alpha value is -2.27. The average molecular weight is 265 g/mol. The van der Waals surface area contributed by atoms with Gasteiger partial charge in [-0.25, -0.2) is 0 Å². The molecule has 1 heterocycles. The molecular formula is C12H9ClN2O3. The lowest BCUT2D eigenvalue weighted by Gasteiger charge is -2.07. The van der Waals surface area contributed by atoms with Crippen LogP contribution in [0.4, 0.5) is 5.69 Å². The first kappa shape index (κ1) is 12.2. The number of nitrogens with one attached hydrogen (secondary N) is 1. The fourth-order valence-electron chi connectivity index (χ4n) is 1.39. The smallest absolute Gasteiger partial charge is 0.256 e. The van der Waals surface area contributed by atoms with Gasteiger partial charge in [-0.05, 0) is 18.2 Å². The molecule has 6 heteroatoms. The molecule has 0 bridgehead atoms. The molecule has 0 saturated carbocycles. The second kappa shape index (κ2) is 4.93. The number of amides is 1. The molecule has 0 aliphatic carbocycles. The van der Waals surface area contributed by atoms with E-state index in [9.17, 15) is 15.0 Å². The topological polar surface area (TPSA) is 82.5 Å². The highest BCUT2D eigenvalue weighted by atomic mass is 35.5. The van der Waals surface area contributed by atoms with Crippen molar-refractivity contribution in [2.75, 3.05) is 5.32 Å². The summed E-state index contributed by atoms with van der Waals surface area (Å²) in [6, 6.07) is 5.14. The van der Waals surface area contributed by atoms with Crippen molar-refractivity contribution < 1.29 is 15.0 Å². The van der Waals surface area contributed by atoms with Crippen molar-refractivity contribution in [3.8, 4) is 11.5 Å². The second-order valence-corrected chi connectivity index (χ2v) is 3.95. The molecule has 0 fully saturated rings. The molecule has 2 rings (SSSR count). The van der Waals surface area contributed by atoms with Crippen molar-refractivity contribution in [3.63, 3.8) is 0 Å².